The standard InChI is InChI=1S/C13H16N2O5/c1-3-19-11(17)13(12(18)20-4-2)5-10(13)15-8-14-6-9(15)7-16/h6-8,10H,3-5H2,1-2H3. The minimum Gasteiger partial charge on any atom is -0.465 e. The fourth-order valence-corrected chi connectivity index (χ4v) is 2.29. The zero-order valence-corrected chi connectivity index (χ0v) is 11.4. The molecule has 2 rings (SSSR count). The third-order valence-electron chi connectivity index (χ3n) is 3.36. The third-order valence-corrected chi connectivity index (χ3v) is 3.36. The molecule has 108 valence electrons. The summed E-state index contributed by atoms with van der Waals surface area (Å²) in [7, 11) is 0. The van der Waals surface area contributed by atoms with Crippen molar-refractivity contribution in [2.24, 2.45) is 5.41 Å². The monoisotopic (exact) mass is 280 g/mol. The fraction of sp³-hybridized carbons (Fsp3) is 0.538. The van der Waals surface area contributed by atoms with Gasteiger partial charge in [0, 0.05) is 0 Å². The van der Waals surface area contributed by atoms with E-state index < -0.39 is 23.4 Å². The van der Waals surface area contributed by atoms with Gasteiger partial charge in [0.05, 0.1) is 31.8 Å². The molecule has 7 nitrogen and oxygen atoms in total. The van der Waals surface area contributed by atoms with Crippen LogP contribution >= 0.6 is 0 Å². The molecule has 1 aliphatic rings. The first kappa shape index (κ1) is 14.2. The number of carbonyl (C=O) groups is 3. The van der Waals surface area contributed by atoms with Gasteiger partial charge in [0.15, 0.2) is 11.7 Å². The minimum absolute atomic E-state index is 0.178. The Balaban J connectivity index is 2.30. The van der Waals surface area contributed by atoms with E-state index in [1.165, 1.54) is 17.1 Å². The van der Waals surface area contributed by atoms with E-state index in [1.807, 2.05) is 0 Å². The van der Waals surface area contributed by atoms with Crippen LogP contribution < -0.4 is 0 Å². The van der Waals surface area contributed by atoms with Crippen molar-refractivity contribution >= 4 is 18.2 Å². The van der Waals surface area contributed by atoms with Gasteiger partial charge < -0.3 is 14.0 Å². The average molecular weight is 280 g/mol. The van der Waals surface area contributed by atoms with E-state index in [1.54, 1.807) is 13.8 Å². The number of esters is 2. The number of nitrogens with zero attached hydrogens (tertiary/aromatic N) is 2. The molecular weight excluding hydrogens is 264 g/mol. The molecule has 1 aliphatic carbocycles. The van der Waals surface area contributed by atoms with Crippen molar-refractivity contribution in [3.63, 3.8) is 0 Å². The molecule has 1 fully saturated rings. The van der Waals surface area contributed by atoms with Crippen LogP contribution in [-0.4, -0.2) is 41.0 Å². The Bertz CT molecular complexity index is 519. The summed E-state index contributed by atoms with van der Waals surface area (Å²) in [6.45, 7) is 3.69. The number of rotatable bonds is 6. The zero-order chi connectivity index (χ0) is 14.8. The van der Waals surface area contributed by atoms with Crippen LogP contribution in [0.3, 0.4) is 0 Å². The van der Waals surface area contributed by atoms with E-state index in [-0.39, 0.29) is 19.6 Å². The third kappa shape index (κ3) is 2.09. The normalized spacial score (nSPS) is 19.2. The minimum atomic E-state index is -1.36. The Labute approximate surface area is 115 Å². The summed E-state index contributed by atoms with van der Waals surface area (Å²) < 4.78 is 11.5. The van der Waals surface area contributed by atoms with E-state index in [4.69, 9.17) is 9.47 Å². The Hall–Kier alpha value is -2.18. The molecule has 0 saturated heterocycles. The smallest absolute Gasteiger partial charge is 0.325 e. The molecule has 20 heavy (non-hydrogen) atoms. The number of ether oxygens (including phenoxy) is 2. The van der Waals surface area contributed by atoms with Crippen LogP contribution in [0.15, 0.2) is 12.5 Å². The van der Waals surface area contributed by atoms with Gasteiger partial charge in [-0.2, -0.15) is 0 Å². The van der Waals surface area contributed by atoms with Crippen LogP contribution in [0.4, 0.5) is 0 Å². The van der Waals surface area contributed by atoms with E-state index in [0.717, 1.165) is 0 Å². The number of aromatic nitrogens is 2. The first-order valence-electron chi connectivity index (χ1n) is 6.43. The van der Waals surface area contributed by atoms with Gasteiger partial charge in [-0.1, -0.05) is 0 Å². The van der Waals surface area contributed by atoms with Crippen molar-refractivity contribution in [3.8, 4) is 0 Å². The van der Waals surface area contributed by atoms with Crippen LogP contribution in [-0.2, 0) is 19.1 Å². The van der Waals surface area contributed by atoms with Crippen molar-refractivity contribution in [2.75, 3.05) is 13.2 Å². The van der Waals surface area contributed by atoms with Crippen molar-refractivity contribution in [3.05, 3.63) is 18.2 Å². The van der Waals surface area contributed by atoms with Crippen molar-refractivity contribution in [1.82, 2.24) is 9.55 Å². The highest BCUT2D eigenvalue weighted by Crippen LogP contribution is 2.58. The lowest BCUT2D eigenvalue weighted by Gasteiger charge is -2.15. The van der Waals surface area contributed by atoms with Gasteiger partial charge in [-0.25, -0.2) is 4.98 Å². The summed E-state index contributed by atoms with van der Waals surface area (Å²) in [4.78, 5) is 39.0. The van der Waals surface area contributed by atoms with E-state index in [2.05, 4.69) is 4.98 Å². The molecule has 0 aliphatic heterocycles. The van der Waals surface area contributed by atoms with E-state index in [0.29, 0.717) is 12.0 Å². The zero-order valence-electron chi connectivity index (χ0n) is 11.4. The molecule has 0 N–H and O–H groups in total. The quantitative estimate of drug-likeness (QED) is 0.434. The first-order chi connectivity index (χ1) is 9.61. The molecule has 0 spiro atoms. The summed E-state index contributed by atoms with van der Waals surface area (Å²) in [5.74, 6) is -1.23. The molecule has 0 aromatic carbocycles. The Morgan fingerprint density at radius 1 is 1.40 bits per heavy atom. The van der Waals surface area contributed by atoms with Crippen LogP contribution in [0.2, 0.25) is 0 Å². The number of hydrogen-bond donors (Lipinski definition) is 0. The lowest BCUT2D eigenvalue weighted by atomic mass is 10.1. The summed E-state index contributed by atoms with van der Waals surface area (Å²) in [5, 5.41) is 0. The maximum Gasteiger partial charge on any atom is 0.325 e. The number of hydrogen-bond acceptors (Lipinski definition) is 6. The molecular formula is C13H16N2O5. The van der Waals surface area contributed by atoms with Gasteiger partial charge >= 0.3 is 11.9 Å². The molecule has 0 radical (unpaired) electrons. The molecule has 1 saturated carbocycles. The summed E-state index contributed by atoms with van der Waals surface area (Å²) >= 11 is 0. The molecule has 7 heteroatoms. The fourth-order valence-electron chi connectivity index (χ4n) is 2.29. The van der Waals surface area contributed by atoms with Crippen molar-refractivity contribution in [1.29, 1.82) is 0 Å². The lowest BCUT2D eigenvalue weighted by molar-refractivity contribution is -0.164. The van der Waals surface area contributed by atoms with Gasteiger partial charge in [0.2, 0.25) is 0 Å². The van der Waals surface area contributed by atoms with Gasteiger partial charge in [-0.05, 0) is 20.3 Å². The van der Waals surface area contributed by atoms with Crippen molar-refractivity contribution < 1.29 is 23.9 Å². The van der Waals surface area contributed by atoms with Crippen LogP contribution in [0, 0.1) is 5.41 Å². The van der Waals surface area contributed by atoms with Gasteiger partial charge in [-0.3, -0.25) is 14.4 Å². The number of aldehydes is 1. The molecule has 0 bridgehead atoms. The SMILES string of the molecule is CCOC(=O)C1(C(=O)OCC)CC1n1cncc1C=O. The summed E-state index contributed by atoms with van der Waals surface area (Å²) in [5.41, 5.74) is -1.05. The molecule has 1 unspecified atom stereocenters. The molecule has 1 atom stereocenters. The number of imidazole rings is 1. The second-order valence-electron chi connectivity index (χ2n) is 4.48. The predicted octanol–water partition coefficient (Wildman–Crippen LogP) is 0.753. The van der Waals surface area contributed by atoms with Gasteiger partial charge in [0.1, 0.15) is 5.69 Å². The number of carbonyl (C=O) groups excluding carboxylic acids is 3. The molecule has 1 aromatic rings. The predicted molar refractivity (Wildman–Crippen MR) is 67.0 cm³/mol. The highest BCUT2D eigenvalue weighted by atomic mass is 16.6. The van der Waals surface area contributed by atoms with Crippen LogP contribution in [0.5, 0.6) is 0 Å². The highest BCUT2D eigenvalue weighted by Gasteiger charge is 2.69. The van der Waals surface area contributed by atoms with Crippen molar-refractivity contribution in [2.45, 2.75) is 26.3 Å². The second-order valence-corrected chi connectivity index (χ2v) is 4.48. The van der Waals surface area contributed by atoms with Crippen LogP contribution in [0.1, 0.15) is 36.8 Å². The average Bonchev–Trinajstić information content (AvgIpc) is 3.02. The molecule has 1 heterocycles. The second kappa shape index (κ2) is 5.44. The Morgan fingerprint density at radius 3 is 2.50 bits per heavy atom. The maximum absolute atomic E-state index is 12.1. The maximum atomic E-state index is 12.1. The Morgan fingerprint density at radius 2 is 2.00 bits per heavy atom. The lowest BCUT2D eigenvalue weighted by Crippen LogP contribution is -2.32. The van der Waals surface area contributed by atoms with Gasteiger partial charge in [-0.15, -0.1) is 0 Å². The Kier molecular flexibility index (Phi) is 3.87. The summed E-state index contributed by atoms with van der Waals surface area (Å²) in [6, 6.07) is -0.483. The molecule has 1 aromatic heterocycles. The topological polar surface area (TPSA) is 87.5 Å². The first-order valence-corrected chi connectivity index (χ1v) is 6.43. The highest BCUT2D eigenvalue weighted by molar-refractivity contribution is 6.04. The van der Waals surface area contributed by atoms with Crippen LogP contribution in [0.25, 0.3) is 0 Å². The molecule has 0 amide bonds. The van der Waals surface area contributed by atoms with Gasteiger partial charge in [0.25, 0.3) is 0 Å². The van der Waals surface area contributed by atoms with E-state index in [9.17, 15) is 14.4 Å². The largest absolute Gasteiger partial charge is 0.465 e. The van der Waals surface area contributed by atoms with E-state index >= 15 is 0 Å². The summed E-state index contributed by atoms with van der Waals surface area (Å²) in [6.07, 6.45) is 3.69.